The Morgan fingerprint density at radius 3 is 2.38 bits per heavy atom. The Hall–Kier alpha value is -0.560. The lowest BCUT2D eigenvalue weighted by molar-refractivity contribution is 0.581. The molecule has 0 fully saturated rings. The molecule has 0 bridgehead atoms. The number of hydrogen-bond acceptors (Lipinski definition) is 4. The van der Waals surface area contributed by atoms with Crippen LogP contribution in [0.15, 0.2) is 29.2 Å². The molecule has 0 aliphatic rings. The molecule has 1 aromatic carbocycles. The molecule has 21 heavy (non-hydrogen) atoms. The Labute approximate surface area is 133 Å². The van der Waals surface area contributed by atoms with Crippen LogP contribution in [0.3, 0.4) is 0 Å². The third-order valence-electron chi connectivity index (χ3n) is 3.02. The van der Waals surface area contributed by atoms with E-state index in [-0.39, 0.29) is 0 Å². The third kappa shape index (κ3) is 7.31. The van der Waals surface area contributed by atoms with Crippen LogP contribution in [-0.2, 0) is 16.4 Å². The molecule has 6 heteroatoms. The maximum Gasteiger partial charge on any atom is 0.240 e. The molecule has 0 unspecified atom stereocenters. The zero-order valence-corrected chi connectivity index (χ0v) is 14.7. The minimum Gasteiger partial charge on any atom is -0.314 e. The average Bonchev–Trinajstić information content (AvgIpc) is 2.44. The van der Waals surface area contributed by atoms with Crippen molar-refractivity contribution in [2.24, 2.45) is 0 Å². The molecule has 0 heterocycles. The first-order chi connectivity index (χ1) is 9.95. The van der Waals surface area contributed by atoms with Gasteiger partial charge >= 0.3 is 0 Å². The van der Waals surface area contributed by atoms with Crippen LogP contribution in [0.4, 0.5) is 0 Å². The molecule has 0 saturated heterocycles. The molecule has 0 aliphatic heterocycles. The Balaban J connectivity index is 2.52. The van der Waals surface area contributed by atoms with Gasteiger partial charge in [-0.25, -0.2) is 13.1 Å². The van der Waals surface area contributed by atoms with E-state index in [2.05, 4.69) is 23.9 Å². The quantitative estimate of drug-likeness (QED) is 0.646. The maximum atomic E-state index is 12.1. The minimum absolute atomic E-state index is 0.340. The van der Waals surface area contributed by atoms with Crippen molar-refractivity contribution in [3.8, 4) is 0 Å². The van der Waals surface area contributed by atoms with Gasteiger partial charge in [-0.05, 0) is 49.1 Å². The molecule has 1 rings (SSSR count). The van der Waals surface area contributed by atoms with Crippen molar-refractivity contribution in [3.63, 3.8) is 0 Å². The van der Waals surface area contributed by atoms with Gasteiger partial charge in [0.05, 0.1) is 4.90 Å². The van der Waals surface area contributed by atoms with Gasteiger partial charge in [0.15, 0.2) is 0 Å². The topological polar surface area (TPSA) is 58.2 Å². The summed E-state index contributed by atoms with van der Waals surface area (Å²) in [5, 5.41) is 3.35. The fourth-order valence-electron chi connectivity index (χ4n) is 1.85. The summed E-state index contributed by atoms with van der Waals surface area (Å²) in [6.07, 6.45) is 3.76. The van der Waals surface area contributed by atoms with Crippen LogP contribution >= 0.6 is 11.8 Å². The lowest BCUT2D eigenvalue weighted by Gasteiger charge is -2.09. The number of hydrogen-bond donors (Lipinski definition) is 2. The van der Waals surface area contributed by atoms with Gasteiger partial charge in [-0.15, -0.1) is 0 Å². The summed E-state index contributed by atoms with van der Waals surface area (Å²) in [7, 11) is -3.37. The number of benzene rings is 1. The zero-order chi connectivity index (χ0) is 15.7. The van der Waals surface area contributed by atoms with E-state index in [1.807, 2.05) is 18.4 Å². The van der Waals surface area contributed by atoms with E-state index >= 15 is 0 Å². The fraction of sp³-hybridized carbons (Fsp3) is 0.600. The van der Waals surface area contributed by atoms with Crippen molar-refractivity contribution in [1.29, 1.82) is 0 Å². The van der Waals surface area contributed by atoms with Crippen LogP contribution in [0.1, 0.15) is 25.8 Å². The molecule has 2 N–H and O–H groups in total. The monoisotopic (exact) mass is 330 g/mol. The summed E-state index contributed by atoms with van der Waals surface area (Å²) in [6.45, 7) is 5.61. The predicted octanol–water partition coefficient (Wildman–Crippen LogP) is 2.26. The van der Waals surface area contributed by atoms with E-state index in [4.69, 9.17) is 0 Å². The molecule has 0 amide bonds. The van der Waals surface area contributed by atoms with Crippen LogP contribution in [0.5, 0.6) is 0 Å². The highest BCUT2D eigenvalue weighted by Crippen LogP contribution is 2.11. The second-order valence-corrected chi connectivity index (χ2v) is 8.00. The van der Waals surface area contributed by atoms with Gasteiger partial charge in [-0.3, -0.25) is 0 Å². The Morgan fingerprint density at radius 1 is 1.14 bits per heavy atom. The van der Waals surface area contributed by atoms with Crippen LogP contribution in [0, 0.1) is 0 Å². The molecular formula is C15H26N2O2S2. The van der Waals surface area contributed by atoms with E-state index in [1.165, 1.54) is 0 Å². The summed E-state index contributed by atoms with van der Waals surface area (Å²) < 4.78 is 26.8. The molecule has 0 aromatic heterocycles. The van der Waals surface area contributed by atoms with Crippen molar-refractivity contribution in [1.82, 2.24) is 10.0 Å². The molecule has 120 valence electrons. The van der Waals surface area contributed by atoms with E-state index in [0.717, 1.165) is 30.7 Å². The Bertz CT molecular complexity index is 499. The summed E-state index contributed by atoms with van der Waals surface area (Å²) in [5.41, 5.74) is 1.14. The third-order valence-corrected chi connectivity index (χ3v) is 5.19. The standard InChI is InChI=1S/C15H26N2O2S2/c1-13(2)16-11-9-14-5-7-15(8-6-14)21(18,19)17-10-4-12-20-3/h5-8,13,16-17H,4,9-12H2,1-3H3. The van der Waals surface area contributed by atoms with Crippen molar-refractivity contribution >= 4 is 21.8 Å². The smallest absolute Gasteiger partial charge is 0.240 e. The number of sulfonamides is 1. The summed E-state index contributed by atoms with van der Waals surface area (Å²) in [5.74, 6) is 0.963. The van der Waals surface area contributed by atoms with E-state index < -0.39 is 10.0 Å². The highest BCUT2D eigenvalue weighted by molar-refractivity contribution is 7.98. The predicted molar refractivity (Wildman–Crippen MR) is 91.5 cm³/mol. The van der Waals surface area contributed by atoms with Crippen LogP contribution < -0.4 is 10.0 Å². The van der Waals surface area contributed by atoms with Crippen molar-refractivity contribution in [3.05, 3.63) is 29.8 Å². The van der Waals surface area contributed by atoms with Gasteiger partial charge < -0.3 is 5.32 Å². The number of thioether (sulfide) groups is 1. The van der Waals surface area contributed by atoms with Crippen molar-refractivity contribution in [2.45, 2.75) is 37.6 Å². The second kappa shape index (κ2) is 9.46. The normalized spacial score (nSPS) is 12.0. The zero-order valence-electron chi connectivity index (χ0n) is 13.1. The molecule has 0 radical (unpaired) electrons. The highest BCUT2D eigenvalue weighted by atomic mass is 32.2. The average molecular weight is 331 g/mol. The van der Waals surface area contributed by atoms with Crippen molar-refractivity contribution < 1.29 is 8.42 Å². The van der Waals surface area contributed by atoms with Crippen LogP contribution in [0.25, 0.3) is 0 Å². The van der Waals surface area contributed by atoms with Gasteiger partial charge in [0.1, 0.15) is 0 Å². The van der Waals surface area contributed by atoms with Gasteiger partial charge in [0.2, 0.25) is 10.0 Å². The molecule has 1 aromatic rings. The first-order valence-corrected chi connectivity index (χ1v) is 10.1. The van der Waals surface area contributed by atoms with Crippen molar-refractivity contribution in [2.75, 3.05) is 25.1 Å². The molecule has 0 atom stereocenters. The number of nitrogens with one attached hydrogen (secondary N) is 2. The molecule has 0 aliphatic carbocycles. The molecular weight excluding hydrogens is 304 g/mol. The van der Waals surface area contributed by atoms with Gasteiger partial charge in [0, 0.05) is 12.6 Å². The SMILES string of the molecule is CSCCCNS(=O)(=O)c1ccc(CCNC(C)C)cc1. The Morgan fingerprint density at radius 2 is 1.81 bits per heavy atom. The maximum absolute atomic E-state index is 12.1. The summed E-state index contributed by atoms with van der Waals surface area (Å²) >= 11 is 1.72. The van der Waals surface area contributed by atoms with Gasteiger partial charge in [-0.2, -0.15) is 11.8 Å². The highest BCUT2D eigenvalue weighted by Gasteiger charge is 2.12. The lowest BCUT2D eigenvalue weighted by Crippen LogP contribution is -2.25. The number of rotatable bonds is 10. The van der Waals surface area contributed by atoms with Crippen LogP contribution in [0.2, 0.25) is 0 Å². The van der Waals surface area contributed by atoms with E-state index in [0.29, 0.717) is 17.5 Å². The first-order valence-electron chi connectivity index (χ1n) is 7.26. The fourth-order valence-corrected chi connectivity index (χ4v) is 3.35. The minimum atomic E-state index is -3.37. The van der Waals surface area contributed by atoms with E-state index in [9.17, 15) is 8.42 Å². The molecule has 0 spiro atoms. The lowest BCUT2D eigenvalue weighted by atomic mass is 10.1. The van der Waals surface area contributed by atoms with Crippen LogP contribution in [-0.4, -0.2) is 39.6 Å². The summed E-state index contributed by atoms with van der Waals surface area (Å²) in [6, 6.07) is 7.61. The van der Waals surface area contributed by atoms with E-state index in [1.54, 1.807) is 23.9 Å². The van der Waals surface area contributed by atoms with Gasteiger partial charge in [-0.1, -0.05) is 26.0 Å². The van der Waals surface area contributed by atoms with Gasteiger partial charge in [0.25, 0.3) is 0 Å². The summed E-state index contributed by atoms with van der Waals surface area (Å²) in [4.78, 5) is 0.340. The first kappa shape index (κ1) is 18.5. The Kier molecular flexibility index (Phi) is 8.33. The largest absolute Gasteiger partial charge is 0.314 e. The second-order valence-electron chi connectivity index (χ2n) is 5.25. The molecule has 0 saturated carbocycles. The molecule has 4 nitrogen and oxygen atoms in total.